The summed E-state index contributed by atoms with van der Waals surface area (Å²) in [6.45, 7) is 0. The number of carboxylic acids is 2. The van der Waals surface area contributed by atoms with Gasteiger partial charge in [0.15, 0.2) is 0 Å². The van der Waals surface area contributed by atoms with Gasteiger partial charge in [-0.15, -0.1) is 0 Å². The maximum atomic E-state index is 13.6. The second kappa shape index (κ2) is 13.9. The van der Waals surface area contributed by atoms with Crippen LogP contribution in [0.4, 0.5) is 0 Å². The Morgan fingerprint density at radius 1 is 0.767 bits per heavy atom. The number of carboxylic acid groups (broad SMARTS) is 2. The minimum atomic E-state index is -1.66. The first-order valence-electron chi connectivity index (χ1n) is 13.2. The molecule has 0 bridgehead atoms. The summed E-state index contributed by atoms with van der Waals surface area (Å²) in [5.74, 6) is -5.36. The molecule has 3 aromatic heterocycles. The molecular formula is C27H31N9O7. The second-order valence-electron chi connectivity index (χ2n) is 9.85. The predicted octanol–water partition coefficient (Wildman–Crippen LogP) is -1.02. The lowest BCUT2D eigenvalue weighted by atomic mass is 10.0. The summed E-state index contributed by atoms with van der Waals surface area (Å²) in [5, 5.41) is 27.1. The van der Waals surface area contributed by atoms with Crippen LogP contribution in [0, 0.1) is 0 Å². The lowest BCUT2D eigenvalue weighted by Crippen LogP contribution is -2.58. The van der Waals surface area contributed by atoms with Crippen molar-refractivity contribution in [2.45, 2.75) is 49.9 Å². The van der Waals surface area contributed by atoms with Crippen LogP contribution in [-0.2, 0) is 43.2 Å². The van der Waals surface area contributed by atoms with E-state index in [1.165, 1.54) is 25.0 Å². The summed E-state index contributed by atoms with van der Waals surface area (Å²) in [6.07, 6.45) is 6.40. The van der Waals surface area contributed by atoms with Gasteiger partial charge in [0, 0.05) is 60.1 Å². The molecule has 0 aliphatic rings. The molecule has 0 aliphatic carbocycles. The van der Waals surface area contributed by atoms with Gasteiger partial charge in [-0.2, -0.15) is 0 Å². The van der Waals surface area contributed by atoms with Gasteiger partial charge in [0.05, 0.1) is 25.1 Å². The third-order valence-corrected chi connectivity index (χ3v) is 6.67. The first kappa shape index (κ1) is 30.4. The third kappa shape index (κ3) is 8.26. The number of amides is 3. The number of fused-ring (bicyclic) bond motifs is 1. The van der Waals surface area contributed by atoms with Crippen LogP contribution in [0.5, 0.6) is 0 Å². The highest BCUT2D eigenvalue weighted by atomic mass is 16.4. The quantitative estimate of drug-likeness (QED) is 0.0810. The van der Waals surface area contributed by atoms with Gasteiger partial charge in [0.25, 0.3) is 0 Å². The molecule has 1 aromatic carbocycles. The molecule has 10 N–H and O–H groups in total. The number of aliphatic carboxylic acids is 2. The average molecular weight is 594 g/mol. The number of aromatic amines is 3. The van der Waals surface area contributed by atoms with E-state index < -0.39 is 60.2 Å². The number of hydrogen-bond acceptors (Lipinski definition) is 8. The van der Waals surface area contributed by atoms with E-state index in [9.17, 15) is 34.2 Å². The highest BCUT2D eigenvalue weighted by Gasteiger charge is 2.32. The van der Waals surface area contributed by atoms with Gasteiger partial charge < -0.3 is 46.8 Å². The predicted molar refractivity (Wildman–Crippen MR) is 150 cm³/mol. The molecule has 0 fully saturated rings. The lowest BCUT2D eigenvalue weighted by Gasteiger charge is -2.24. The summed E-state index contributed by atoms with van der Waals surface area (Å²) in [6, 6.07) is 1.87. The zero-order valence-electron chi connectivity index (χ0n) is 22.7. The highest BCUT2D eigenvalue weighted by Crippen LogP contribution is 2.19. The molecule has 0 saturated heterocycles. The molecule has 4 rings (SSSR count). The van der Waals surface area contributed by atoms with Gasteiger partial charge in [-0.05, 0) is 11.6 Å². The molecule has 3 amide bonds. The van der Waals surface area contributed by atoms with Crippen molar-refractivity contribution >= 4 is 40.6 Å². The van der Waals surface area contributed by atoms with Crippen LogP contribution >= 0.6 is 0 Å². The molecule has 3 heterocycles. The standard InChI is InChI=1S/C27H31N9O7/c28-18(6-15-10-29-12-32-15)24(39)34-20(5-14-9-31-19-4-2-1-3-17(14)19)25(40)35-21(8-23(37)38)26(41)36-22(27(42)43)7-16-11-30-13-33-16/h1-4,9-13,18,20-22,31H,5-8,28H2,(H,29,32)(H,30,33)(H,34,39)(H,35,40)(H,36,41)(H,37,38)(H,42,43). The number of carbonyl (C=O) groups is 5. The van der Waals surface area contributed by atoms with Gasteiger partial charge in [-0.25, -0.2) is 14.8 Å². The zero-order valence-corrected chi connectivity index (χ0v) is 22.7. The molecule has 226 valence electrons. The van der Waals surface area contributed by atoms with Gasteiger partial charge in [-0.1, -0.05) is 18.2 Å². The fourth-order valence-corrected chi connectivity index (χ4v) is 4.48. The Labute approximate surface area is 243 Å². The van der Waals surface area contributed by atoms with Crippen LogP contribution in [-0.4, -0.2) is 89.0 Å². The molecule has 4 aromatic rings. The highest BCUT2D eigenvalue weighted by molar-refractivity contribution is 5.96. The minimum Gasteiger partial charge on any atom is -0.481 e. The van der Waals surface area contributed by atoms with Crippen molar-refractivity contribution in [3.63, 3.8) is 0 Å². The van der Waals surface area contributed by atoms with E-state index in [4.69, 9.17) is 5.73 Å². The van der Waals surface area contributed by atoms with Crippen LogP contribution in [0.15, 0.2) is 55.5 Å². The summed E-state index contributed by atoms with van der Waals surface area (Å²) in [7, 11) is 0. The Kier molecular flexibility index (Phi) is 9.85. The molecule has 43 heavy (non-hydrogen) atoms. The van der Waals surface area contributed by atoms with E-state index in [-0.39, 0.29) is 19.3 Å². The molecule has 0 aliphatic heterocycles. The summed E-state index contributed by atoms with van der Waals surface area (Å²) in [5.41, 5.74) is 8.55. The van der Waals surface area contributed by atoms with E-state index in [1.54, 1.807) is 6.20 Å². The number of nitrogens with zero attached hydrogens (tertiary/aromatic N) is 2. The SMILES string of the molecule is NC(Cc1cnc[nH]1)C(=O)NC(Cc1c[nH]c2ccccc12)C(=O)NC(CC(=O)O)C(=O)NC(Cc1cnc[nH]1)C(=O)O. The number of nitrogens with one attached hydrogen (secondary N) is 6. The number of hydrogen-bond donors (Lipinski definition) is 9. The Morgan fingerprint density at radius 3 is 2.00 bits per heavy atom. The van der Waals surface area contributed by atoms with Crippen LogP contribution < -0.4 is 21.7 Å². The fraction of sp³-hybridized carbons (Fsp3) is 0.296. The van der Waals surface area contributed by atoms with Crippen LogP contribution in [0.1, 0.15) is 23.4 Å². The van der Waals surface area contributed by atoms with Crippen molar-refractivity contribution in [2.75, 3.05) is 0 Å². The lowest BCUT2D eigenvalue weighted by molar-refractivity contribution is -0.143. The topological polar surface area (TPSA) is 261 Å². The fourth-order valence-electron chi connectivity index (χ4n) is 4.48. The number of nitrogens with two attached hydrogens (primary N) is 1. The Morgan fingerprint density at radius 2 is 1.37 bits per heavy atom. The minimum absolute atomic E-state index is 0.0304. The largest absolute Gasteiger partial charge is 0.481 e. The Bertz CT molecular complexity index is 1570. The van der Waals surface area contributed by atoms with Crippen LogP contribution in [0.2, 0.25) is 0 Å². The number of imidazole rings is 2. The molecule has 16 heteroatoms. The molecular weight excluding hydrogens is 562 g/mol. The molecule has 0 radical (unpaired) electrons. The van der Waals surface area contributed by atoms with Crippen molar-refractivity contribution in [1.29, 1.82) is 0 Å². The molecule has 0 spiro atoms. The average Bonchev–Trinajstić information content (AvgIpc) is 3.75. The van der Waals surface area contributed by atoms with E-state index in [0.717, 1.165) is 10.9 Å². The van der Waals surface area contributed by atoms with Gasteiger partial charge in [0.2, 0.25) is 17.7 Å². The summed E-state index contributed by atoms with van der Waals surface area (Å²) in [4.78, 5) is 79.4. The molecule has 16 nitrogen and oxygen atoms in total. The number of carbonyl (C=O) groups excluding carboxylic acids is 3. The number of H-pyrrole nitrogens is 3. The number of benzene rings is 1. The maximum Gasteiger partial charge on any atom is 0.326 e. The van der Waals surface area contributed by atoms with Crippen LogP contribution in [0.25, 0.3) is 10.9 Å². The first-order valence-corrected chi connectivity index (χ1v) is 13.2. The van der Waals surface area contributed by atoms with Crippen LogP contribution in [0.3, 0.4) is 0 Å². The Hall–Kier alpha value is -5.51. The van der Waals surface area contributed by atoms with Crippen molar-refractivity contribution in [1.82, 2.24) is 40.9 Å². The van der Waals surface area contributed by atoms with Crippen molar-refractivity contribution < 1.29 is 34.2 Å². The van der Waals surface area contributed by atoms with Crippen molar-refractivity contribution in [2.24, 2.45) is 5.73 Å². The summed E-state index contributed by atoms with van der Waals surface area (Å²) < 4.78 is 0. The van der Waals surface area contributed by atoms with E-state index in [2.05, 4.69) is 40.9 Å². The third-order valence-electron chi connectivity index (χ3n) is 6.67. The molecule has 0 saturated carbocycles. The molecule has 4 atom stereocenters. The number of aromatic nitrogens is 5. The zero-order chi connectivity index (χ0) is 30.9. The van der Waals surface area contributed by atoms with Gasteiger partial charge >= 0.3 is 11.9 Å². The van der Waals surface area contributed by atoms with E-state index in [1.807, 2.05) is 24.3 Å². The van der Waals surface area contributed by atoms with E-state index >= 15 is 0 Å². The van der Waals surface area contributed by atoms with E-state index in [0.29, 0.717) is 17.0 Å². The Balaban J connectivity index is 1.53. The van der Waals surface area contributed by atoms with Gasteiger partial charge in [-0.3, -0.25) is 19.2 Å². The normalized spacial score (nSPS) is 13.9. The monoisotopic (exact) mass is 593 g/mol. The summed E-state index contributed by atoms with van der Waals surface area (Å²) >= 11 is 0. The number of para-hydroxylation sites is 1. The van der Waals surface area contributed by atoms with Gasteiger partial charge in [0.1, 0.15) is 18.1 Å². The smallest absolute Gasteiger partial charge is 0.326 e. The van der Waals surface area contributed by atoms with Crippen molar-refractivity contribution in [3.05, 3.63) is 72.5 Å². The first-order chi connectivity index (χ1) is 20.6. The van der Waals surface area contributed by atoms with Crippen molar-refractivity contribution in [3.8, 4) is 0 Å². The molecule has 4 unspecified atom stereocenters. The maximum absolute atomic E-state index is 13.6. The number of rotatable bonds is 15. The second-order valence-corrected chi connectivity index (χ2v) is 9.85.